The normalized spacial score (nSPS) is 10.7. The number of hydrogen-bond donors (Lipinski definition) is 0. The Balaban J connectivity index is 2.46. The van der Waals surface area contributed by atoms with Crippen LogP contribution in [0.3, 0.4) is 0 Å². The Morgan fingerprint density at radius 2 is 1.85 bits per heavy atom. The average Bonchev–Trinajstić information content (AvgIpc) is 2.47. The molecule has 1 aromatic rings. The van der Waals surface area contributed by atoms with Crippen LogP contribution in [-0.2, 0) is 0 Å². The van der Waals surface area contributed by atoms with Crippen molar-refractivity contribution in [1.29, 1.82) is 0 Å². The fourth-order valence-corrected chi connectivity index (χ4v) is 1.78. The molecule has 0 aliphatic heterocycles. The average molecular weight is 276 g/mol. The smallest absolute Gasteiger partial charge is 0.161 e. The van der Waals surface area contributed by atoms with Gasteiger partial charge in [-0.25, -0.2) is 0 Å². The van der Waals surface area contributed by atoms with Crippen molar-refractivity contribution in [3.8, 4) is 11.5 Å². The summed E-state index contributed by atoms with van der Waals surface area (Å²) < 4.78 is 11.2. The van der Waals surface area contributed by atoms with E-state index in [4.69, 9.17) is 9.47 Å². The summed E-state index contributed by atoms with van der Waals surface area (Å²) in [6, 6.07) is 5.24. The minimum atomic E-state index is 0.551. The van der Waals surface area contributed by atoms with E-state index < -0.39 is 0 Å². The van der Waals surface area contributed by atoms with E-state index in [0.29, 0.717) is 30.3 Å². The summed E-state index contributed by atoms with van der Waals surface area (Å²) in [5.41, 5.74) is 0.597. The van der Waals surface area contributed by atoms with Crippen LogP contribution in [0.5, 0.6) is 11.5 Å². The molecule has 0 aliphatic carbocycles. The van der Waals surface area contributed by atoms with Crippen LogP contribution in [0.4, 0.5) is 0 Å². The summed E-state index contributed by atoms with van der Waals surface area (Å²) in [6.45, 7) is 5.27. The van der Waals surface area contributed by atoms with E-state index in [1.54, 1.807) is 18.2 Å². The molecule has 0 unspecified atom stereocenters. The Labute approximate surface area is 121 Å². The number of aldehydes is 1. The fourth-order valence-electron chi connectivity index (χ4n) is 1.78. The topological polar surface area (TPSA) is 35.5 Å². The van der Waals surface area contributed by atoms with E-state index in [1.807, 2.05) is 6.92 Å². The Kier molecular flexibility index (Phi) is 8.20. The Hall–Kier alpha value is -1.77. The van der Waals surface area contributed by atoms with Gasteiger partial charge in [-0.05, 0) is 38.0 Å². The maximum absolute atomic E-state index is 10.8. The molecule has 0 saturated heterocycles. The van der Waals surface area contributed by atoms with E-state index in [0.717, 1.165) is 19.1 Å². The zero-order chi connectivity index (χ0) is 14.6. The van der Waals surface area contributed by atoms with Gasteiger partial charge in [-0.1, -0.05) is 31.9 Å². The summed E-state index contributed by atoms with van der Waals surface area (Å²) >= 11 is 0. The first-order chi connectivity index (χ1) is 9.81. The lowest BCUT2D eigenvalue weighted by Crippen LogP contribution is -2.00. The van der Waals surface area contributed by atoms with Crippen LogP contribution in [0.2, 0.25) is 0 Å². The molecular weight excluding hydrogens is 252 g/mol. The largest absolute Gasteiger partial charge is 0.490 e. The van der Waals surface area contributed by atoms with Crippen molar-refractivity contribution in [1.82, 2.24) is 0 Å². The minimum Gasteiger partial charge on any atom is -0.490 e. The van der Waals surface area contributed by atoms with Crippen molar-refractivity contribution in [3.05, 3.63) is 35.9 Å². The molecular formula is C17H24O3. The molecule has 0 heterocycles. The highest BCUT2D eigenvalue weighted by molar-refractivity contribution is 5.76. The third-order valence-corrected chi connectivity index (χ3v) is 2.84. The Bertz CT molecular complexity index is 424. The van der Waals surface area contributed by atoms with Gasteiger partial charge >= 0.3 is 0 Å². The lowest BCUT2D eigenvalue weighted by Gasteiger charge is -2.11. The highest BCUT2D eigenvalue weighted by Crippen LogP contribution is 2.28. The van der Waals surface area contributed by atoms with Gasteiger partial charge in [0.2, 0.25) is 0 Å². The predicted molar refractivity (Wildman–Crippen MR) is 81.8 cm³/mol. The molecule has 0 amide bonds. The van der Waals surface area contributed by atoms with E-state index in [9.17, 15) is 4.79 Å². The van der Waals surface area contributed by atoms with Crippen molar-refractivity contribution in [2.24, 2.45) is 0 Å². The lowest BCUT2D eigenvalue weighted by molar-refractivity contribution is 0.112. The number of allylic oxidation sites excluding steroid dienone is 1. The molecule has 1 aromatic carbocycles. The molecule has 0 aromatic heterocycles. The van der Waals surface area contributed by atoms with Crippen LogP contribution in [0.25, 0.3) is 0 Å². The third-order valence-electron chi connectivity index (χ3n) is 2.84. The molecule has 0 atom stereocenters. The number of unbranched alkanes of at least 4 members (excludes halogenated alkanes) is 2. The molecule has 0 radical (unpaired) electrons. The van der Waals surface area contributed by atoms with E-state index in [1.165, 1.54) is 12.8 Å². The van der Waals surface area contributed by atoms with Crippen molar-refractivity contribution >= 4 is 6.29 Å². The molecule has 20 heavy (non-hydrogen) atoms. The van der Waals surface area contributed by atoms with Gasteiger partial charge in [0.15, 0.2) is 11.5 Å². The SMILES string of the molecule is CCCCC=CCCOc1ccc(C=O)cc1OCC. The number of carbonyl (C=O) groups is 1. The summed E-state index contributed by atoms with van der Waals surface area (Å²) in [4.78, 5) is 10.8. The summed E-state index contributed by atoms with van der Waals surface area (Å²) in [7, 11) is 0. The predicted octanol–water partition coefficient (Wildman–Crippen LogP) is 4.41. The van der Waals surface area contributed by atoms with Crippen LogP contribution < -0.4 is 9.47 Å². The number of hydrogen-bond acceptors (Lipinski definition) is 3. The summed E-state index contributed by atoms with van der Waals surface area (Å²) in [6.07, 6.45) is 9.63. The molecule has 0 spiro atoms. The van der Waals surface area contributed by atoms with Gasteiger partial charge in [0.25, 0.3) is 0 Å². The van der Waals surface area contributed by atoms with Crippen LogP contribution >= 0.6 is 0 Å². The molecule has 0 fully saturated rings. The van der Waals surface area contributed by atoms with Crippen molar-refractivity contribution in [2.75, 3.05) is 13.2 Å². The van der Waals surface area contributed by atoms with Gasteiger partial charge < -0.3 is 9.47 Å². The molecule has 110 valence electrons. The second-order valence-electron chi connectivity index (χ2n) is 4.51. The maximum atomic E-state index is 10.8. The first-order valence-electron chi connectivity index (χ1n) is 7.31. The molecule has 1 rings (SSSR count). The number of carbonyl (C=O) groups excluding carboxylic acids is 1. The van der Waals surface area contributed by atoms with Crippen LogP contribution in [-0.4, -0.2) is 19.5 Å². The maximum Gasteiger partial charge on any atom is 0.161 e. The highest BCUT2D eigenvalue weighted by atomic mass is 16.5. The van der Waals surface area contributed by atoms with Crippen molar-refractivity contribution in [2.45, 2.75) is 39.5 Å². The van der Waals surface area contributed by atoms with E-state index in [-0.39, 0.29) is 0 Å². The van der Waals surface area contributed by atoms with Gasteiger partial charge in [0, 0.05) is 5.56 Å². The highest BCUT2D eigenvalue weighted by Gasteiger charge is 2.05. The zero-order valence-corrected chi connectivity index (χ0v) is 12.4. The van der Waals surface area contributed by atoms with Crippen LogP contribution in [0, 0.1) is 0 Å². The number of benzene rings is 1. The quantitative estimate of drug-likeness (QED) is 0.360. The second-order valence-corrected chi connectivity index (χ2v) is 4.51. The number of ether oxygens (including phenoxy) is 2. The molecule has 0 N–H and O–H groups in total. The Morgan fingerprint density at radius 3 is 2.55 bits per heavy atom. The van der Waals surface area contributed by atoms with Crippen molar-refractivity contribution in [3.63, 3.8) is 0 Å². The van der Waals surface area contributed by atoms with Crippen LogP contribution in [0.15, 0.2) is 30.4 Å². The Morgan fingerprint density at radius 1 is 1.05 bits per heavy atom. The van der Waals surface area contributed by atoms with Gasteiger partial charge in [-0.15, -0.1) is 0 Å². The molecule has 0 bridgehead atoms. The molecule has 0 saturated carbocycles. The van der Waals surface area contributed by atoms with Crippen LogP contribution in [0.1, 0.15) is 49.9 Å². The van der Waals surface area contributed by atoms with Crippen molar-refractivity contribution < 1.29 is 14.3 Å². The number of rotatable bonds is 10. The minimum absolute atomic E-state index is 0.551. The fraction of sp³-hybridized carbons (Fsp3) is 0.471. The first-order valence-corrected chi connectivity index (χ1v) is 7.31. The van der Waals surface area contributed by atoms with Gasteiger partial charge in [-0.3, -0.25) is 4.79 Å². The second kappa shape index (κ2) is 10.1. The van der Waals surface area contributed by atoms with Gasteiger partial charge in [0.05, 0.1) is 13.2 Å². The molecule has 3 heteroatoms. The molecule has 0 aliphatic rings. The third kappa shape index (κ3) is 5.91. The van der Waals surface area contributed by atoms with Gasteiger partial charge in [0.1, 0.15) is 6.29 Å². The monoisotopic (exact) mass is 276 g/mol. The first kappa shape index (κ1) is 16.3. The standard InChI is InChI=1S/C17H24O3/c1-3-5-6-7-8-9-12-20-16-11-10-15(14-18)13-17(16)19-4-2/h7-8,10-11,13-14H,3-6,9,12H2,1-2H3. The van der Waals surface area contributed by atoms with E-state index in [2.05, 4.69) is 19.1 Å². The van der Waals surface area contributed by atoms with Gasteiger partial charge in [-0.2, -0.15) is 0 Å². The summed E-state index contributed by atoms with van der Waals surface area (Å²) in [5, 5.41) is 0. The lowest BCUT2D eigenvalue weighted by atomic mass is 10.2. The zero-order valence-electron chi connectivity index (χ0n) is 12.4. The molecule has 3 nitrogen and oxygen atoms in total. The summed E-state index contributed by atoms with van der Waals surface area (Å²) in [5.74, 6) is 1.33. The van der Waals surface area contributed by atoms with E-state index >= 15 is 0 Å².